The normalized spacial score (nSPS) is 16.2. The lowest BCUT2D eigenvalue weighted by molar-refractivity contribution is 0.0758. The summed E-state index contributed by atoms with van der Waals surface area (Å²) in [4.78, 5) is 15.0. The Bertz CT molecular complexity index is 1200. The smallest absolute Gasteiger partial charge is 0.257 e. The van der Waals surface area contributed by atoms with Crippen LogP contribution in [0.3, 0.4) is 0 Å². The number of hydrogen-bond acceptors (Lipinski definition) is 6. The summed E-state index contributed by atoms with van der Waals surface area (Å²) >= 11 is 0. The number of hydrogen-bond donors (Lipinski definition) is 1. The molecule has 1 atom stereocenters. The molecule has 0 radical (unpaired) electrons. The molecule has 3 rings (SSSR count). The highest BCUT2D eigenvalue weighted by atomic mass is 32.2. The zero-order valence-corrected chi connectivity index (χ0v) is 20.7. The van der Waals surface area contributed by atoms with Crippen LogP contribution in [0, 0.1) is 0 Å². The van der Waals surface area contributed by atoms with Crippen LogP contribution in [0.15, 0.2) is 52.3 Å². The fourth-order valence-corrected chi connectivity index (χ4v) is 5.73. The van der Waals surface area contributed by atoms with Crippen molar-refractivity contribution in [3.63, 3.8) is 0 Å². The molecule has 8 nitrogen and oxygen atoms in total. The third-order valence-corrected chi connectivity index (χ3v) is 8.41. The maximum Gasteiger partial charge on any atom is 0.257 e. The van der Waals surface area contributed by atoms with Crippen molar-refractivity contribution in [2.24, 2.45) is 0 Å². The molecule has 0 aliphatic carbocycles. The second-order valence-electron chi connectivity index (χ2n) is 8.25. The molecule has 0 spiro atoms. The first-order chi connectivity index (χ1) is 15.5. The number of amides is 1. The number of methoxy groups -OCH3 is 1. The van der Waals surface area contributed by atoms with Crippen molar-refractivity contribution in [1.29, 1.82) is 0 Å². The molecule has 1 heterocycles. The number of ether oxygens (including phenoxy) is 1. The number of likely N-dealkylation sites (tertiary alicyclic amines) is 1. The minimum absolute atomic E-state index is 0.0407. The largest absolute Gasteiger partial charge is 0.496 e. The molecule has 33 heavy (non-hydrogen) atoms. The van der Waals surface area contributed by atoms with Gasteiger partial charge in [-0.15, -0.1) is 0 Å². The molecule has 1 N–H and O–H groups in total. The minimum atomic E-state index is -3.96. The van der Waals surface area contributed by atoms with Crippen molar-refractivity contribution in [3.8, 4) is 5.75 Å². The van der Waals surface area contributed by atoms with Gasteiger partial charge >= 0.3 is 0 Å². The van der Waals surface area contributed by atoms with Crippen molar-refractivity contribution in [2.45, 2.75) is 48.4 Å². The van der Waals surface area contributed by atoms with Crippen LogP contribution >= 0.6 is 0 Å². The number of sulfone groups is 1. The molecule has 1 amide bonds. The van der Waals surface area contributed by atoms with Crippen molar-refractivity contribution in [2.75, 3.05) is 26.5 Å². The van der Waals surface area contributed by atoms with Crippen LogP contribution in [0.2, 0.25) is 0 Å². The van der Waals surface area contributed by atoms with Crippen molar-refractivity contribution >= 4 is 25.8 Å². The zero-order chi connectivity index (χ0) is 24.2. The minimum Gasteiger partial charge on any atom is -0.496 e. The lowest BCUT2D eigenvalue weighted by Crippen LogP contribution is -2.32. The summed E-state index contributed by atoms with van der Waals surface area (Å²) in [6, 6.07) is 9.67. The second kappa shape index (κ2) is 10.2. The molecular formula is C23H30N2O6S2. The molecule has 0 unspecified atom stereocenters. The Morgan fingerprint density at radius 1 is 0.939 bits per heavy atom. The maximum absolute atomic E-state index is 13.1. The average Bonchev–Trinajstić information content (AvgIpc) is 3.07. The lowest BCUT2D eigenvalue weighted by atomic mass is 10.1. The van der Waals surface area contributed by atoms with E-state index >= 15 is 0 Å². The molecule has 1 saturated heterocycles. The van der Waals surface area contributed by atoms with Gasteiger partial charge in [0.1, 0.15) is 5.75 Å². The van der Waals surface area contributed by atoms with Gasteiger partial charge in [0.25, 0.3) is 5.91 Å². The summed E-state index contributed by atoms with van der Waals surface area (Å²) in [6.45, 7) is 2.94. The predicted octanol–water partition coefficient (Wildman–Crippen LogP) is 3.15. The van der Waals surface area contributed by atoms with Crippen molar-refractivity contribution in [1.82, 2.24) is 9.62 Å². The first-order valence-corrected chi connectivity index (χ1v) is 14.2. The quantitative estimate of drug-likeness (QED) is 0.633. The summed E-state index contributed by atoms with van der Waals surface area (Å²) in [5.74, 6) is 0.0859. The van der Waals surface area contributed by atoms with E-state index < -0.39 is 25.9 Å². The van der Waals surface area contributed by atoms with Gasteiger partial charge < -0.3 is 9.64 Å². The van der Waals surface area contributed by atoms with Gasteiger partial charge in [-0.25, -0.2) is 21.6 Å². The molecule has 2 aromatic carbocycles. The van der Waals surface area contributed by atoms with Gasteiger partial charge in [0.2, 0.25) is 10.0 Å². The Labute approximate surface area is 195 Å². The Morgan fingerprint density at radius 3 is 2.06 bits per heavy atom. The number of nitrogens with zero attached hydrogens (tertiary/aromatic N) is 1. The Balaban J connectivity index is 1.85. The van der Waals surface area contributed by atoms with E-state index in [0.29, 0.717) is 24.4 Å². The summed E-state index contributed by atoms with van der Waals surface area (Å²) in [7, 11) is -5.85. The van der Waals surface area contributed by atoms with Gasteiger partial charge in [-0.1, -0.05) is 25.0 Å². The number of nitrogens with one attached hydrogen (secondary N) is 1. The number of rotatable bonds is 7. The third-order valence-electron chi connectivity index (χ3n) is 5.75. The third kappa shape index (κ3) is 6.13. The summed E-state index contributed by atoms with van der Waals surface area (Å²) in [5, 5.41) is 0. The Kier molecular flexibility index (Phi) is 7.81. The molecule has 0 saturated carbocycles. The fraction of sp³-hybridized carbons (Fsp3) is 0.435. The standard InChI is InChI=1S/C23H30N2O6S2/c1-17(18-8-10-19(11-9-18)32(3,27)28)24-33(29,30)20-12-13-22(31-2)21(16-20)23(26)25-14-6-4-5-7-15-25/h8-13,16-17,24H,4-7,14-15H2,1-3H3/t17-/m0/s1. The lowest BCUT2D eigenvalue weighted by Gasteiger charge is -2.22. The molecule has 1 fully saturated rings. The zero-order valence-electron chi connectivity index (χ0n) is 19.1. The van der Waals surface area contributed by atoms with E-state index in [1.807, 2.05) is 0 Å². The van der Waals surface area contributed by atoms with Crippen LogP contribution < -0.4 is 9.46 Å². The van der Waals surface area contributed by atoms with Gasteiger partial charge in [0, 0.05) is 25.4 Å². The van der Waals surface area contributed by atoms with Crippen LogP contribution in [-0.4, -0.2) is 54.1 Å². The van der Waals surface area contributed by atoms with Gasteiger partial charge in [-0.2, -0.15) is 0 Å². The maximum atomic E-state index is 13.1. The molecule has 180 valence electrons. The molecule has 1 aliphatic rings. The SMILES string of the molecule is COc1ccc(S(=O)(=O)N[C@@H](C)c2ccc(S(C)(=O)=O)cc2)cc1C(=O)N1CCCCCC1. The highest BCUT2D eigenvalue weighted by molar-refractivity contribution is 7.90. The number of carbonyl (C=O) groups is 1. The summed E-state index contributed by atoms with van der Waals surface area (Å²) in [6.07, 6.45) is 5.10. The molecule has 0 bridgehead atoms. The van der Waals surface area contributed by atoms with Gasteiger partial charge in [-0.3, -0.25) is 4.79 Å². The molecular weight excluding hydrogens is 464 g/mol. The van der Waals surface area contributed by atoms with E-state index in [1.54, 1.807) is 24.0 Å². The van der Waals surface area contributed by atoms with E-state index in [1.165, 1.54) is 37.4 Å². The van der Waals surface area contributed by atoms with E-state index in [2.05, 4.69) is 4.72 Å². The molecule has 10 heteroatoms. The fourth-order valence-electron chi connectivity index (χ4n) is 3.84. The summed E-state index contributed by atoms with van der Waals surface area (Å²) in [5.41, 5.74) is 0.827. The van der Waals surface area contributed by atoms with Crippen molar-refractivity contribution in [3.05, 3.63) is 53.6 Å². The predicted molar refractivity (Wildman–Crippen MR) is 126 cm³/mol. The second-order valence-corrected chi connectivity index (χ2v) is 12.0. The molecule has 1 aliphatic heterocycles. The monoisotopic (exact) mass is 494 g/mol. The van der Waals surface area contributed by atoms with Crippen molar-refractivity contribution < 1.29 is 26.4 Å². The first-order valence-electron chi connectivity index (χ1n) is 10.8. The van der Waals surface area contributed by atoms with Gasteiger partial charge in [0.05, 0.1) is 22.5 Å². The number of carbonyl (C=O) groups excluding carboxylic acids is 1. The van der Waals surface area contributed by atoms with Crippen LogP contribution in [0.25, 0.3) is 0 Å². The van der Waals surface area contributed by atoms with E-state index in [9.17, 15) is 21.6 Å². The van der Waals surface area contributed by atoms with Crippen LogP contribution in [-0.2, 0) is 19.9 Å². The topological polar surface area (TPSA) is 110 Å². The van der Waals surface area contributed by atoms with Crippen LogP contribution in [0.5, 0.6) is 5.75 Å². The van der Waals surface area contributed by atoms with Gasteiger partial charge in [0.15, 0.2) is 9.84 Å². The number of sulfonamides is 1. The Morgan fingerprint density at radius 2 is 1.52 bits per heavy atom. The first kappa shape index (κ1) is 25.2. The van der Waals surface area contributed by atoms with E-state index in [0.717, 1.165) is 31.9 Å². The summed E-state index contributed by atoms with van der Waals surface area (Å²) < 4.78 is 57.4. The Hall–Kier alpha value is -2.43. The highest BCUT2D eigenvalue weighted by Crippen LogP contribution is 2.26. The average molecular weight is 495 g/mol. The highest BCUT2D eigenvalue weighted by Gasteiger charge is 2.25. The van der Waals surface area contributed by atoms with E-state index in [4.69, 9.17) is 4.74 Å². The van der Waals surface area contributed by atoms with Gasteiger partial charge in [-0.05, 0) is 55.7 Å². The van der Waals surface area contributed by atoms with Crippen LogP contribution in [0.4, 0.5) is 0 Å². The molecule has 2 aromatic rings. The number of benzene rings is 2. The van der Waals surface area contributed by atoms with E-state index in [-0.39, 0.29) is 21.3 Å². The molecule has 0 aromatic heterocycles. The van der Waals surface area contributed by atoms with Crippen LogP contribution in [0.1, 0.15) is 54.6 Å².